The average molecular weight is 1790 g/mol. The summed E-state index contributed by atoms with van der Waals surface area (Å²) in [7, 11) is -5.70. The van der Waals surface area contributed by atoms with Gasteiger partial charge in [-0.2, -0.15) is 4.62 Å². The Morgan fingerprint density at radius 2 is 0.710 bits per heavy atom. The number of nitrogens with one attached hydrogen (secondary N) is 3. The fourth-order valence-corrected chi connectivity index (χ4v) is 17.2. The second kappa shape index (κ2) is 80.4. The van der Waals surface area contributed by atoms with Crippen molar-refractivity contribution in [3.63, 3.8) is 0 Å². The molecule has 9 N–H and O–H groups in total. The number of amides is 2. The molecule has 0 aromatic carbocycles. The Labute approximate surface area is 753 Å². The van der Waals surface area contributed by atoms with Gasteiger partial charge in [-0.25, -0.2) is 4.57 Å². The monoisotopic (exact) mass is 1790 g/mol. The Morgan fingerprint density at radius 3 is 1.06 bits per heavy atom. The van der Waals surface area contributed by atoms with Crippen molar-refractivity contribution in [2.75, 3.05) is 13.2 Å². The molecular formula is C98H187N4O21P. The van der Waals surface area contributed by atoms with E-state index in [1.54, 1.807) is 0 Å². The number of nitrogens with zero attached hydrogens (tertiary/aromatic N) is 1. The molecule has 0 saturated carbocycles. The lowest BCUT2D eigenvalue weighted by atomic mass is 10.0. The molecule has 2 rings (SSSR count). The van der Waals surface area contributed by atoms with Gasteiger partial charge in [0, 0.05) is 12.8 Å². The summed E-state index contributed by atoms with van der Waals surface area (Å²) in [6.07, 6.45) is 49.8. The number of hydrogen-bond acceptors (Lipinski definition) is 21. The summed E-state index contributed by atoms with van der Waals surface area (Å²) in [4.78, 5) is 113. The van der Waals surface area contributed by atoms with Gasteiger partial charge in [0.2, 0.25) is 11.8 Å². The minimum atomic E-state index is -5.70. The van der Waals surface area contributed by atoms with Crippen molar-refractivity contribution in [2.45, 2.75) is 578 Å². The van der Waals surface area contributed by atoms with Crippen LogP contribution in [0.25, 0.3) is 0 Å². The molecule has 124 heavy (non-hydrogen) atoms. The third kappa shape index (κ3) is 65.2. The van der Waals surface area contributed by atoms with Gasteiger partial charge in [-0.05, 0) is 56.6 Å². The Hall–Kier alpha value is -3.43. The first-order valence-electron chi connectivity index (χ1n) is 51.5. The maximum atomic E-state index is 14.7. The number of phosphoric acid groups is 1. The lowest BCUT2D eigenvalue weighted by Crippen LogP contribution is -2.69. The summed E-state index contributed by atoms with van der Waals surface area (Å²) >= 11 is 0. The van der Waals surface area contributed by atoms with E-state index in [9.17, 15) is 63.5 Å². The second-order valence-electron chi connectivity index (χ2n) is 36.4. The summed E-state index contributed by atoms with van der Waals surface area (Å²) in [6, 6.07) is -1.52. The summed E-state index contributed by atoms with van der Waals surface area (Å²) in [6.45, 7) is 11.6. The minimum absolute atomic E-state index is 0.134. The molecule has 26 heteroatoms. The first-order valence-corrected chi connectivity index (χ1v) is 53.0. The Morgan fingerprint density at radius 1 is 0.395 bits per heavy atom. The maximum Gasteiger partial charge on any atom is 0.488 e. The number of aliphatic hydroxyl groups excluding tert-OH is 4. The van der Waals surface area contributed by atoms with Crippen molar-refractivity contribution < 1.29 is 101 Å². The molecule has 0 aromatic heterocycles. The number of aliphatic hydroxyl groups is 4. The van der Waals surface area contributed by atoms with E-state index in [1.165, 1.54) is 167 Å². The molecule has 12 atom stereocenters. The van der Waals surface area contributed by atoms with E-state index in [-0.39, 0.29) is 30.9 Å². The molecule has 0 spiro atoms. The Bertz CT molecular complexity index is 2600. The van der Waals surface area contributed by atoms with Gasteiger partial charge in [0.1, 0.15) is 36.7 Å². The summed E-state index contributed by atoms with van der Waals surface area (Å²) in [5.41, 5.74) is 0. The van der Waals surface area contributed by atoms with E-state index in [0.29, 0.717) is 57.8 Å². The van der Waals surface area contributed by atoms with Crippen molar-refractivity contribution >= 4 is 43.5 Å². The average Bonchev–Trinajstić information content (AvgIpc) is 0.783. The number of ether oxygens (including phenoxy) is 6. The van der Waals surface area contributed by atoms with Crippen LogP contribution in [-0.4, -0.2) is 158 Å². The number of hydroxylamine groups is 2. The first kappa shape index (κ1) is 117. The highest BCUT2D eigenvalue weighted by atomic mass is 31.2. The van der Waals surface area contributed by atoms with Crippen LogP contribution in [0.15, 0.2) is 0 Å². The molecule has 0 aliphatic carbocycles. The number of unbranched alkanes of at least 4 members (excludes halogenated alkanes) is 56. The van der Waals surface area contributed by atoms with E-state index in [2.05, 4.69) is 57.5 Å². The Balaban J connectivity index is 2.62. The lowest BCUT2D eigenvalue weighted by molar-refractivity contribution is -0.424. The third-order valence-corrected chi connectivity index (χ3v) is 24.8. The standard InChI is InChI=1S/C98H187N4O21P/c1-7-13-19-25-31-37-39-41-43-49-55-61-67-73-89(108)117-83(71-65-59-53-47-35-29-23-17-11-5)77-87(107)100-96-95(120-91(110)76-82(105)70-64-58-52-46-34-28-22-16-10-4)94(112)85(122-102(96)123-124(113,114)115)80-116-98-93(99-86(106)75-81(104)69-63-57-51-45-33-27-21-15-9-3)97(101-88(79-103)119-98)121-92(111)78-84(72-66-60-54-48-36-30-24-18-12-6)118-90(109)74-68-62-56-50-44-42-40-38-32-26-20-14-8-2/h81-85,88,93-98,101,103-105,112H,7-80H2,1-6H3,(H,99,106)(H,100,107)(H2,113,114,115)/t81?,82?,83?,84?,85?,88?,93?,94-,95?,96?,97?,98-/m1/s1. The molecule has 2 amide bonds. The maximum absolute atomic E-state index is 14.7. The summed E-state index contributed by atoms with van der Waals surface area (Å²) in [5, 5.41) is 54.7. The van der Waals surface area contributed by atoms with Gasteiger partial charge < -0.3 is 69.3 Å². The van der Waals surface area contributed by atoms with E-state index in [1.807, 2.05) is 0 Å². The SMILES string of the molecule is CCCCCCCCCCCCCCCC(=O)OC(CCCCCCCCCCC)CC(=O)NC1C(OC(=O)CC(O)CCCCCCCCCCC)[C@H](O)C(CO[C@@H]2OC(CO)NC(OC(=O)CC(CCCCCCCCCCC)OC(=O)CCCCCCCCCCCCCCC)C2NC(=O)CC(O)CCCCCCCCCCC)ON1OP(=O)(O)O. The molecular weight excluding hydrogens is 1600 g/mol. The van der Waals surface area contributed by atoms with Crippen LogP contribution in [-0.2, 0) is 71.2 Å². The highest BCUT2D eigenvalue weighted by molar-refractivity contribution is 7.46. The lowest BCUT2D eigenvalue weighted by Gasteiger charge is -2.45. The molecule has 2 heterocycles. The molecule has 0 bridgehead atoms. The molecule has 2 fully saturated rings. The van der Waals surface area contributed by atoms with Crippen LogP contribution in [0.3, 0.4) is 0 Å². The molecule has 730 valence electrons. The predicted octanol–water partition coefficient (Wildman–Crippen LogP) is 22.7. The number of carbonyl (C=O) groups excluding carboxylic acids is 6. The molecule has 2 saturated heterocycles. The molecule has 2 aliphatic heterocycles. The van der Waals surface area contributed by atoms with Gasteiger partial charge in [0.05, 0.1) is 51.1 Å². The van der Waals surface area contributed by atoms with Crippen LogP contribution >= 0.6 is 7.82 Å². The third-order valence-electron chi connectivity index (χ3n) is 24.4. The zero-order valence-corrected chi connectivity index (χ0v) is 80.3. The van der Waals surface area contributed by atoms with Crippen molar-refractivity contribution in [2.24, 2.45) is 0 Å². The van der Waals surface area contributed by atoms with Crippen LogP contribution in [0.2, 0.25) is 0 Å². The highest BCUT2D eigenvalue weighted by Gasteiger charge is 2.52. The molecule has 0 radical (unpaired) electrons. The number of esters is 4. The second-order valence-corrected chi connectivity index (χ2v) is 37.6. The van der Waals surface area contributed by atoms with E-state index in [0.717, 1.165) is 193 Å². The van der Waals surface area contributed by atoms with Crippen molar-refractivity contribution in [1.82, 2.24) is 21.2 Å². The van der Waals surface area contributed by atoms with Gasteiger partial charge in [0.25, 0.3) is 0 Å². The van der Waals surface area contributed by atoms with Crippen LogP contribution in [0.1, 0.15) is 504 Å². The van der Waals surface area contributed by atoms with E-state index < -0.39 is 150 Å². The van der Waals surface area contributed by atoms with Crippen LogP contribution in [0.4, 0.5) is 0 Å². The molecule has 0 aromatic rings. The summed E-state index contributed by atoms with van der Waals surface area (Å²) < 4.78 is 55.3. The normalized spacial score (nSPS) is 19.1. The highest BCUT2D eigenvalue weighted by Crippen LogP contribution is 2.41. The van der Waals surface area contributed by atoms with Crippen LogP contribution in [0, 0.1) is 0 Å². The zero-order chi connectivity index (χ0) is 90.6. The number of rotatable bonds is 88. The first-order chi connectivity index (χ1) is 60.2. The fourth-order valence-electron chi connectivity index (χ4n) is 16.8. The van der Waals surface area contributed by atoms with Crippen LogP contribution in [0.5, 0.6) is 0 Å². The van der Waals surface area contributed by atoms with E-state index >= 15 is 0 Å². The van der Waals surface area contributed by atoms with E-state index in [4.69, 9.17) is 37.9 Å². The fraction of sp³-hybridized carbons (Fsp3) is 0.939. The van der Waals surface area contributed by atoms with Gasteiger partial charge in [-0.1, -0.05) is 414 Å². The Kier molecular flexibility index (Phi) is 75.7. The smallest absolute Gasteiger partial charge is 0.462 e. The predicted molar refractivity (Wildman–Crippen MR) is 493 cm³/mol. The quantitative estimate of drug-likeness (QED) is 0.0118. The number of hydrogen-bond donors (Lipinski definition) is 9. The van der Waals surface area contributed by atoms with Gasteiger partial charge >= 0.3 is 31.7 Å². The zero-order valence-electron chi connectivity index (χ0n) is 79.5. The molecule has 10 unspecified atom stereocenters. The molecule has 25 nitrogen and oxygen atoms in total. The van der Waals surface area contributed by atoms with Crippen molar-refractivity contribution in [1.29, 1.82) is 0 Å². The number of carbonyl (C=O) groups is 6. The van der Waals surface area contributed by atoms with Gasteiger partial charge in [-0.15, -0.1) is 0 Å². The topological polar surface area (TPSA) is 354 Å². The van der Waals surface area contributed by atoms with Gasteiger partial charge in [-0.3, -0.25) is 38.9 Å². The minimum Gasteiger partial charge on any atom is -0.462 e. The van der Waals surface area contributed by atoms with Crippen molar-refractivity contribution in [3.05, 3.63) is 0 Å². The molecule has 2 aliphatic rings. The van der Waals surface area contributed by atoms with Gasteiger partial charge in [0.15, 0.2) is 24.8 Å². The van der Waals surface area contributed by atoms with Crippen LogP contribution < -0.4 is 16.0 Å². The largest absolute Gasteiger partial charge is 0.488 e. The van der Waals surface area contributed by atoms with Crippen molar-refractivity contribution in [3.8, 4) is 0 Å². The summed E-state index contributed by atoms with van der Waals surface area (Å²) in [5.74, 6) is -4.36.